The van der Waals surface area contributed by atoms with Gasteiger partial charge in [0.25, 0.3) is 0 Å². The third-order valence-corrected chi connectivity index (χ3v) is 4.47. The molecular weight excluding hydrogens is 316 g/mol. The zero-order valence-corrected chi connectivity index (χ0v) is 15.2. The van der Waals surface area contributed by atoms with E-state index in [0.29, 0.717) is 13.0 Å². The molecule has 1 fully saturated rings. The maximum absolute atomic E-state index is 12.1. The van der Waals surface area contributed by atoms with Crippen LogP contribution in [0.25, 0.3) is 0 Å². The van der Waals surface area contributed by atoms with Crippen LogP contribution in [0.3, 0.4) is 0 Å². The average molecular weight is 342 g/mol. The fourth-order valence-corrected chi connectivity index (χ4v) is 3.22. The number of nitrogens with one attached hydrogen (secondary N) is 1. The van der Waals surface area contributed by atoms with Crippen LogP contribution in [0.2, 0.25) is 0 Å². The highest BCUT2D eigenvalue weighted by Gasteiger charge is 2.21. The molecule has 0 spiro atoms. The number of carbonyl (C=O) groups excluding carboxylic acids is 1. The lowest BCUT2D eigenvalue weighted by atomic mass is 10.0. The number of piperidine rings is 1. The lowest BCUT2D eigenvalue weighted by Gasteiger charge is -2.33. The molecule has 134 valence electrons. The predicted molar refractivity (Wildman–Crippen MR) is 96.5 cm³/mol. The molecular formula is C18H26N6O. The van der Waals surface area contributed by atoms with Gasteiger partial charge in [-0.15, -0.1) is 0 Å². The first kappa shape index (κ1) is 17.4. The summed E-state index contributed by atoms with van der Waals surface area (Å²) in [7, 11) is 0. The SMILES string of the molecule is Cc1cnn(CCC(=O)NC2CCN(c3cc(C)nc(C)n3)CC2)c1. The van der Waals surface area contributed by atoms with E-state index in [1.165, 1.54) is 0 Å². The molecule has 25 heavy (non-hydrogen) atoms. The van der Waals surface area contributed by atoms with E-state index in [1.807, 2.05) is 43.9 Å². The van der Waals surface area contributed by atoms with E-state index in [9.17, 15) is 4.79 Å². The zero-order chi connectivity index (χ0) is 17.8. The lowest BCUT2D eigenvalue weighted by molar-refractivity contribution is -0.122. The average Bonchev–Trinajstić information content (AvgIpc) is 2.98. The van der Waals surface area contributed by atoms with Gasteiger partial charge in [-0.1, -0.05) is 0 Å². The van der Waals surface area contributed by atoms with Gasteiger partial charge in [-0.2, -0.15) is 5.10 Å². The standard InChI is InChI=1S/C18H26N6O/c1-13-11-19-24(12-13)9-6-18(25)22-16-4-7-23(8-5-16)17-10-14(2)20-15(3)21-17/h10-12,16H,4-9H2,1-3H3,(H,22,25). The van der Waals surface area contributed by atoms with Gasteiger partial charge in [0.2, 0.25) is 5.91 Å². The Kier molecular flexibility index (Phi) is 5.31. The second kappa shape index (κ2) is 7.63. The molecule has 2 aromatic heterocycles. The third kappa shape index (κ3) is 4.78. The van der Waals surface area contributed by atoms with Crippen LogP contribution in [0.15, 0.2) is 18.5 Å². The molecule has 3 rings (SSSR count). The highest BCUT2D eigenvalue weighted by atomic mass is 16.1. The Morgan fingerprint density at radius 1 is 1.24 bits per heavy atom. The molecule has 7 heteroatoms. The Morgan fingerprint density at radius 2 is 2.00 bits per heavy atom. The first-order chi connectivity index (χ1) is 12.0. The van der Waals surface area contributed by atoms with Crippen molar-refractivity contribution in [3.05, 3.63) is 35.5 Å². The molecule has 0 radical (unpaired) electrons. The maximum Gasteiger partial charge on any atom is 0.222 e. The Morgan fingerprint density at radius 3 is 2.64 bits per heavy atom. The number of amides is 1. The first-order valence-corrected chi connectivity index (χ1v) is 8.85. The minimum Gasteiger partial charge on any atom is -0.356 e. The smallest absolute Gasteiger partial charge is 0.222 e. The number of aromatic nitrogens is 4. The van der Waals surface area contributed by atoms with Gasteiger partial charge >= 0.3 is 0 Å². The number of rotatable bonds is 5. The highest BCUT2D eigenvalue weighted by molar-refractivity contribution is 5.76. The van der Waals surface area contributed by atoms with Crippen LogP contribution in [0.4, 0.5) is 5.82 Å². The van der Waals surface area contributed by atoms with E-state index in [0.717, 1.165) is 48.8 Å². The largest absolute Gasteiger partial charge is 0.356 e. The van der Waals surface area contributed by atoms with Crippen molar-refractivity contribution in [3.63, 3.8) is 0 Å². The lowest BCUT2D eigenvalue weighted by Crippen LogP contribution is -2.45. The van der Waals surface area contributed by atoms with Crippen molar-refractivity contribution in [2.75, 3.05) is 18.0 Å². The quantitative estimate of drug-likeness (QED) is 0.896. The molecule has 3 heterocycles. The summed E-state index contributed by atoms with van der Waals surface area (Å²) in [4.78, 5) is 23.3. The first-order valence-electron chi connectivity index (χ1n) is 8.85. The second-order valence-corrected chi connectivity index (χ2v) is 6.77. The van der Waals surface area contributed by atoms with Gasteiger partial charge in [-0.05, 0) is 39.2 Å². The molecule has 0 bridgehead atoms. The number of nitrogens with zero attached hydrogens (tertiary/aromatic N) is 5. The number of hydrogen-bond donors (Lipinski definition) is 1. The molecule has 1 aliphatic rings. The summed E-state index contributed by atoms with van der Waals surface area (Å²) in [6.45, 7) is 8.34. The Hall–Kier alpha value is -2.44. The summed E-state index contributed by atoms with van der Waals surface area (Å²) in [5, 5.41) is 7.36. The van der Waals surface area contributed by atoms with Crippen LogP contribution in [0, 0.1) is 20.8 Å². The van der Waals surface area contributed by atoms with Gasteiger partial charge < -0.3 is 10.2 Å². The molecule has 0 unspecified atom stereocenters. The molecule has 0 aromatic carbocycles. The van der Waals surface area contributed by atoms with Crippen molar-refractivity contribution in [1.82, 2.24) is 25.1 Å². The number of hydrogen-bond acceptors (Lipinski definition) is 5. The minimum atomic E-state index is 0.0975. The van der Waals surface area contributed by atoms with Gasteiger partial charge in [0.1, 0.15) is 11.6 Å². The van der Waals surface area contributed by atoms with Crippen LogP contribution in [-0.2, 0) is 11.3 Å². The molecule has 0 atom stereocenters. The highest BCUT2D eigenvalue weighted by Crippen LogP contribution is 2.18. The van der Waals surface area contributed by atoms with Gasteiger partial charge in [-0.3, -0.25) is 9.48 Å². The molecule has 1 saturated heterocycles. The van der Waals surface area contributed by atoms with E-state index in [2.05, 4.69) is 25.3 Å². The Bertz CT molecular complexity index is 713. The topological polar surface area (TPSA) is 75.9 Å². The summed E-state index contributed by atoms with van der Waals surface area (Å²) < 4.78 is 1.82. The van der Waals surface area contributed by atoms with E-state index >= 15 is 0 Å². The Labute approximate surface area is 148 Å². The summed E-state index contributed by atoms with van der Waals surface area (Å²) in [6, 6.07) is 2.27. The fourth-order valence-electron chi connectivity index (χ4n) is 3.22. The predicted octanol–water partition coefficient (Wildman–Crippen LogP) is 1.77. The molecule has 2 aromatic rings. The monoisotopic (exact) mass is 342 g/mol. The van der Waals surface area contributed by atoms with E-state index in [-0.39, 0.29) is 11.9 Å². The molecule has 1 N–H and O–H groups in total. The van der Waals surface area contributed by atoms with E-state index in [4.69, 9.17) is 0 Å². The summed E-state index contributed by atoms with van der Waals surface area (Å²) in [5.74, 6) is 1.89. The van der Waals surface area contributed by atoms with E-state index in [1.54, 1.807) is 0 Å². The van der Waals surface area contributed by atoms with Crippen molar-refractivity contribution in [3.8, 4) is 0 Å². The van der Waals surface area contributed by atoms with Crippen molar-refractivity contribution in [1.29, 1.82) is 0 Å². The molecule has 0 aliphatic carbocycles. The molecule has 0 saturated carbocycles. The van der Waals surface area contributed by atoms with Crippen LogP contribution in [0.1, 0.15) is 36.3 Å². The van der Waals surface area contributed by atoms with Gasteiger partial charge in [0, 0.05) is 50.1 Å². The molecule has 1 amide bonds. The van der Waals surface area contributed by atoms with Crippen molar-refractivity contribution in [2.45, 2.75) is 52.6 Å². The third-order valence-electron chi connectivity index (χ3n) is 4.47. The van der Waals surface area contributed by atoms with E-state index < -0.39 is 0 Å². The van der Waals surface area contributed by atoms with Crippen molar-refractivity contribution >= 4 is 11.7 Å². The summed E-state index contributed by atoms with van der Waals surface area (Å²) in [5.41, 5.74) is 2.11. The van der Waals surface area contributed by atoms with Crippen molar-refractivity contribution < 1.29 is 4.79 Å². The van der Waals surface area contributed by atoms with Crippen LogP contribution < -0.4 is 10.2 Å². The number of carbonyl (C=O) groups is 1. The molecule has 7 nitrogen and oxygen atoms in total. The maximum atomic E-state index is 12.1. The van der Waals surface area contributed by atoms with Crippen LogP contribution >= 0.6 is 0 Å². The van der Waals surface area contributed by atoms with Crippen LogP contribution in [0.5, 0.6) is 0 Å². The van der Waals surface area contributed by atoms with Gasteiger partial charge in [0.15, 0.2) is 0 Å². The zero-order valence-electron chi connectivity index (χ0n) is 15.2. The van der Waals surface area contributed by atoms with Crippen LogP contribution in [-0.4, -0.2) is 44.8 Å². The molecule has 1 aliphatic heterocycles. The number of anilines is 1. The van der Waals surface area contributed by atoms with Gasteiger partial charge in [0.05, 0.1) is 6.20 Å². The fraction of sp³-hybridized carbons (Fsp3) is 0.556. The van der Waals surface area contributed by atoms with Crippen molar-refractivity contribution in [2.24, 2.45) is 0 Å². The number of aryl methyl sites for hydroxylation is 4. The normalized spacial score (nSPS) is 15.4. The minimum absolute atomic E-state index is 0.0975. The second-order valence-electron chi connectivity index (χ2n) is 6.77. The van der Waals surface area contributed by atoms with Gasteiger partial charge in [-0.25, -0.2) is 9.97 Å². The summed E-state index contributed by atoms with van der Waals surface area (Å²) >= 11 is 0. The summed E-state index contributed by atoms with van der Waals surface area (Å²) in [6.07, 6.45) is 6.11. The Balaban J connectivity index is 1.45.